The summed E-state index contributed by atoms with van der Waals surface area (Å²) in [5.41, 5.74) is 3.54. The molecule has 1 heterocycles. The summed E-state index contributed by atoms with van der Waals surface area (Å²) in [6.45, 7) is 7.41. The van der Waals surface area contributed by atoms with Crippen molar-refractivity contribution in [3.63, 3.8) is 0 Å². The Morgan fingerprint density at radius 1 is 1.18 bits per heavy atom. The lowest BCUT2D eigenvalue weighted by atomic mass is 10.1. The quantitative estimate of drug-likeness (QED) is 0.870. The number of rotatable bonds is 4. The van der Waals surface area contributed by atoms with E-state index in [9.17, 15) is 0 Å². The lowest BCUT2D eigenvalue weighted by molar-refractivity contribution is 0.590. The molecule has 0 saturated carbocycles. The van der Waals surface area contributed by atoms with Crippen LogP contribution in [0.3, 0.4) is 0 Å². The lowest BCUT2D eigenvalue weighted by Gasteiger charge is -2.08. The molecule has 0 bridgehead atoms. The fourth-order valence-electron chi connectivity index (χ4n) is 1.94. The van der Waals surface area contributed by atoms with Crippen molar-refractivity contribution in [2.75, 3.05) is 6.54 Å². The smallest absolute Gasteiger partial charge is 0.0705 e. The highest BCUT2D eigenvalue weighted by atomic mass is 14.9. The van der Waals surface area contributed by atoms with Crippen LogP contribution in [0, 0.1) is 6.92 Å². The number of pyridine rings is 1. The zero-order valence-corrected chi connectivity index (χ0v) is 10.8. The molecular weight excluding hydrogens is 208 g/mol. The van der Waals surface area contributed by atoms with Gasteiger partial charge in [-0.1, -0.05) is 26.0 Å². The summed E-state index contributed by atoms with van der Waals surface area (Å²) in [6, 6.07) is 11.3. The van der Waals surface area contributed by atoms with E-state index in [1.165, 1.54) is 10.9 Å². The van der Waals surface area contributed by atoms with E-state index < -0.39 is 0 Å². The third-order valence-electron chi connectivity index (χ3n) is 2.86. The Kier molecular flexibility index (Phi) is 3.75. The number of hydrogen-bond donors (Lipinski definition) is 1. The minimum absolute atomic E-state index is 0.555. The fourth-order valence-corrected chi connectivity index (χ4v) is 1.94. The molecule has 2 aromatic rings. The van der Waals surface area contributed by atoms with E-state index in [4.69, 9.17) is 0 Å². The summed E-state index contributed by atoms with van der Waals surface area (Å²) < 4.78 is 0. The normalized spacial score (nSPS) is 11.3. The van der Waals surface area contributed by atoms with E-state index >= 15 is 0 Å². The predicted octanol–water partition coefficient (Wildman–Crippen LogP) is 3.08. The Morgan fingerprint density at radius 3 is 2.76 bits per heavy atom. The van der Waals surface area contributed by atoms with Gasteiger partial charge in [-0.25, -0.2) is 0 Å². The van der Waals surface area contributed by atoms with Gasteiger partial charge in [0.1, 0.15) is 0 Å². The topological polar surface area (TPSA) is 24.9 Å². The standard InChI is InChI=1S/C15H20N2/c1-11(2)16-9-8-13-5-7-15-14(10-13)6-4-12(3)17-15/h4-7,10-11,16H,8-9H2,1-3H3. The second-order valence-electron chi connectivity index (χ2n) is 4.84. The predicted molar refractivity (Wildman–Crippen MR) is 73.3 cm³/mol. The average molecular weight is 228 g/mol. The van der Waals surface area contributed by atoms with Gasteiger partial charge in [0.2, 0.25) is 0 Å². The summed E-state index contributed by atoms with van der Waals surface area (Å²) in [6.07, 6.45) is 1.07. The van der Waals surface area contributed by atoms with Gasteiger partial charge in [0.05, 0.1) is 5.52 Å². The molecule has 0 aliphatic heterocycles. The monoisotopic (exact) mass is 228 g/mol. The van der Waals surface area contributed by atoms with Gasteiger partial charge in [0.25, 0.3) is 0 Å². The molecule has 90 valence electrons. The van der Waals surface area contributed by atoms with E-state index in [0.717, 1.165) is 24.2 Å². The molecule has 2 heteroatoms. The molecule has 2 rings (SSSR count). The van der Waals surface area contributed by atoms with Gasteiger partial charge in [-0.2, -0.15) is 0 Å². The van der Waals surface area contributed by atoms with Crippen LogP contribution in [0.1, 0.15) is 25.1 Å². The number of aryl methyl sites for hydroxylation is 1. The minimum atomic E-state index is 0.555. The second-order valence-corrected chi connectivity index (χ2v) is 4.84. The van der Waals surface area contributed by atoms with Gasteiger partial charge in [0.15, 0.2) is 0 Å². The summed E-state index contributed by atoms with van der Waals surface area (Å²) in [7, 11) is 0. The number of nitrogens with one attached hydrogen (secondary N) is 1. The third kappa shape index (κ3) is 3.27. The maximum absolute atomic E-state index is 4.51. The third-order valence-corrected chi connectivity index (χ3v) is 2.86. The van der Waals surface area contributed by atoms with Crippen molar-refractivity contribution >= 4 is 10.9 Å². The van der Waals surface area contributed by atoms with Crippen LogP contribution in [-0.2, 0) is 6.42 Å². The van der Waals surface area contributed by atoms with Gasteiger partial charge < -0.3 is 5.32 Å². The van der Waals surface area contributed by atoms with Crippen LogP contribution in [0.4, 0.5) is 0 Å². The first-order valence-electron chi connectivity index (χ1n) is 6.25. The van der Waals surface area contributed by atoms with Crippen LogP contribution in [-0.4, -0.2) is 17.6 Å². The van der Waals surface area contributed by atoms with Gasteiger partial charge in [0, 0.05) is 17.1 Å². The second kappa shape index (κ2) is 5.28. The maximum atomic E-state index is 4.51. The van der Waals surface area contributed by atoms with Crippen LogP contribution in [0.5, 0.6) is 0 Å². The van der Waals surface area contributed by atoms with Crippen LogP contribution in [0.25, 0.3) is 10.9 Å². The zero-order chi connectivity index (χ0) is 12.3. The Balaban J connectivity index is 2.12. The van der Waals surface area contributed by atoms with Gasteiger partial charge in [-0.15, -0.1) is 0 Å². The number of hydrogen-bond acceptors (Lipinski definition) is 2. The number of nitrogens with zero attached hydrogens (tertiary/aromatic N) is 1. The molecule has 0 aliphatic carbocycles. The maximum Gasteiger partial charge on any atom is 0.0705 e. The van der Waals surface area contributed by atoms with E-state index in [2.05, 4.69) is 54.5 Å². The van der Waals surface area contributed by atoms with Crippen LogP contribution < -0.4 is 5.32 Å². The van der Waals surface area contributed by atoms with E-state index in [1.54, 1.807) is 0 Å². The van der Waals surface area contributed by atoms with E-state index in [0.29, 0.717) is 6.04 Å². The highest BCUT2D eigenvalue weighted by molar-refractivity contribution is 5.79. The van der Waals surface area contributed by atoms with E-state index in [1.807, 2.05) is 6.92 Å². The molecule has 0 atom stereocenters. The van der Waals surface area contributed by atoms with Crippen molar-refractivity contribution < 1.29 is 0 Å². The Hall–Kier alpha value is -1.41. The Bertz CT molecular complexity index is 503. The highest BCUT2D eigenvalue weighted by Crippen LogP contribution is 2.14. The molecule has 0 unspecified atom stereocenters. The first kappa shape index (κ1) is 12.1. The van der Waals surface area contributed by atoms with Gasteiger partial charge >= 0.3 is 0 Å². The molecule has 1 aromatic heterocycles. The molecule has 2 nitrogen and oxygen atoms in total. The van der Waals surface area contributed by atoms with E-state index in [-0.39, 0.29) is 0 Å². The molecule has 1 N–H and O–H groups in total. The Morgan fingerprint density at radius 2 is 2.00 bits per heavy atom. The molecule has 1 aromatic carbocycles. The Labute approximate surface area is 103 Å². The van der Waals surface area contributed by atoms with Crippen molar-refractivity contribution in [2.24, 2.45) is 0 Å². The fraction of sp³-hybridized carbons (Fsp3) is 0.400. The lowest BCUT2D eigenvalue weighted by Crippen LogP contribution is -2.24. The molecule has 17 heavy (non-hydrogen) atoms. The molecular formula is C15H20N2. The highest BCUT2D eigenvalue weighted by Gasteiger charge is 1.99. The first-order chi connectivity index (χ1) is 8.15. The zero-order valence-electron chi connectivity index (χ0n) is 10.8. The van der Waals surface area contributed by atoms with Crippen molar-refractivity contribution in [1.29, 1.82) is 0 Å². The van der Waals surface area contributed by atoms with Gasteiger partial charge in [-0.3, -0.25) is 4.98 Å². The van der Waals surface area contributed by atoms with Gasteiger partial charge in [-0.05, 0) is 43.7 Å². The molecule has 0 saturated heterocycles. The summed E-state index contributed by atoms with van der Waals surface area (Å²) >= 11 is 0. The minimum Gasteiger partial charge on any atom is -0.314 e. The SMILES string of the molecule is Cc1ccc2cc(CCNC(C)C)ccc2n1. The number of benzene rings is 1. The van der Waals surface area contributed by atoms with Crippen molar-refractivity contribution in [2.45, 2.75) is 33.2 Å². The molecule has 0 aliphatic rings. The molecule has 0 fully saturated rings. The van der Waals surface area contributed by atoms with Crippen molar-refractivity contribution in [1.82, 2.24) is 10.3 Å². The van der Waals surface area contributed by atoms with Crippen molar-refractivity contribution in [3.05, 3.63) is 41.6 Å². The van der Waals surface area contributed by atoms with Crippen molar-refractivity contribution in [3.8, 4) is 0 Å². The summed E-state index contributed by atoms with van der Waals surface area (Å²) in [4.78, 5) is 4.51. The van der Waals surface area contributed by atoms with Crippen LogP contribution >= 0.6 is 0 Å². The first-order valence-corrected chi connectivity index (χ1v) is 6.25. The molecule has 0 radical (unpaired) electrons. The number of aromatic nitrogens is 1. The van der Waals surface area contributed by atoms with Crippen LogP contribution in [0.2, 0.25) is 0 Å². The largest absolute Gasteiger partial charge is 0.314 e. The average Bonchev–Trinajstić information content (AvgIpc) is 2.29. The molecule has 0 spiro atoms. The molecule has 0 amide bonds. The van der Waals surface area contributed by atoms with Crippen LogP contribution in [0.15, 0.2) is 30.3 Å². The summed E-state index contributed by atoms with van der Waals surface area (Å²) in [5.74, 6) is 0. The number of fused-ring (bicyclic) bond motifs is 1. The summed E-state index contributed by atoms with van der Waals surface area (Å²) in [5, 5.41) is 4.67.